The van der Waals surface area contributed by atoms with Gasteiger partial charge in [-0.15, -0.1) is 0 Å². The number of pyridine rings is 1. The Bertz CT molecular complexity index is 981. The highest BCUT2D eigenvalue weighted by molar-refractivity contribution is 5.84. The highest BCUT2D eigenvalue weighted by atomic mass is 19.4. The summed E-state index contributed by atoms with van der Waals surface area (Å²) in [5, 5.41) is 0. The molecular weight excluding hydrogens is 464 g/mol. The summed E-state index contributed by atoms with van der Waals surface area (Å²) >= 11 is 0. The van der Waals surface area contributed by atoms with Crippen molar-refractivity contribution >= 4 is 11.6 Å². The molecule has 1 amide bonds. The molecule has 6 nitrogen and oxygen atoms in total. The summed E-state index contributed by atoms with van der Waals surface area (Å²) in [6.45, 7) is 2.98. The second-order valence-corrected chi connectivity index (χ2v) is 8.42. The first kappa shape index (κ1) is 24.3. The van der Waals surface area contributed by atoms with Crippen LogP contribution in [0.1, 0.15) is 35.6 Å². The maximum atomic E-state index is 13.2. The first-order chi connectivity index (χ1) is 16.0. The van der Waals surface area contributed by atoms with Gasteiger partial charge in [-0.2, -0.15) is 26.3 Å². The monoisotopic (exact) mass is 487 g/mol. The van der Waals surface area contributed by atoms with E-state index in [9.17, 15) is 31.1 Å². The van der Waals surface area contributed by atoms with Gasteiger partial charge in [-0.05, 0) is 49.2 Å². The van der Waals surface area contributed by atoms with Gasteiger partial charge in [-0.25, -0.2) is 0 Å². The molecule has 0 radical (unpaired) electrons. The molecule has 3 heterocycles. The number of anilines is 1. The number of fused-ring (bicyclic) bond motifs is 1. The Kier molecular flexibility index (Phi) is 6.72. The predicted molar refractivity (Wildman–Crippen MR) is 111 cm³/mol. The summed E-state index contributed by atoms with van der Waals surface area (Å²) in [5.41, 5.74) is 1.66. The van der Waals surface area contributed by atoms with Crippen LogP contribution in [-0.4, -0.2) is 52.9 Å². The molecule has 1 aromatic carbocycles. The Hall–Kier alpha value is -2.86. The number of benzene rings is 1. The average Bonchev–Trinajstić information content (AvgIpc) is 3.25. The normalized spacial score (nSPS) is 20.6. The molecule has 2 aromatic rings. The fourth-order valence-electron chi connectivity index (χ4n) is 4.54. The standard InChI is InChI=1S/C22H23F6N5O/c23-21(24,25)15-9-16(22(26,27)28)11-17(10-15)30-31-20(34)19(14-3-1-5-29-12-14)33-8-7-32-6-2-4-18(32)13-33/h1,3,5,9-12,18-19,30H,2,4,6-8,13H2,(H,31,34)/t18-,19+/m0/s1. The van der Waals surface area contributed by atoms with Crippen LogP contribution in [0.3, 0.4) is 0 Å². The van der Waals surface area contributed by atoms with Crippen molar-refractivity contribution in [1.82, 2.24) is 20.2 Å². The van der Waals surface area contributed by atoms with E-state index in [1.165, 1.54) is 6.20 Å². The second kappa shape index (κ2) is 9.41. The fraction of sp³-hybridized carbons (Fsp3) is 0.455. The molecule has 2 fully saturated rings. The van der Waals surface area contributed by atoms with Crippen LogP contribution in [0.5, 0.6) is 0 Å². The van der Waals surface area contributed by atoms with Gasteiger partial charge < -0.3 is 0 Å². The van der Waals surface area contributed by atoms with Gasteiger partial charge in [0.1, 0.15) is 6.04 Å². The number of alkyl halides is 6. The van der Waals surface area contributed by atoms with E-state index < -0.39 is 41.1 Å². The van der Waals surface area contributed by atoms with E-state index in [-0.39, 0.29) is 6.07 Å². The smallest absolute Gasteiger partial charge is 0.299 e. The van der Waals surface area contributed by atoms with E-state index in [1.54, 1.807) is 18.3 Å². The van der Waals surface area contributed by atoms with Crippen molar-refractivity contribution in [3.05, 3.63) is 59.4 Å². The number of piperazine rings is 1. The lowest BCUT2D eigenvalue weighted by Gasteiger charge is -2.41. The third-order valence-corrected chi connectivity index (χ3v) is 6.15. The molecule has 0 spiro atoms. The van der Waals surface area contributed by atoms with E-state index in [1.807, 2.05) is 4.90 Å². The number of rotatable bonds is 5. The van der Waals surface area contributed by atoms with Crippen LogP contribution < -0.4 is 10.9 Å². The maximum Gasteiger partial charge on any atom is 0.416 e. The molecular formula is C22H23F6N5O. The summed E-state index contributed by atoms with van der Waals surface area (Å²) in [6.07, 6.45) is -4.83. The number of nitrogens with one attached hydrogen (secondary N) is 2. The van der Waals surface area contributed by atoms with Crippen LogP contribution in [0.2, 0.25) is 0 Å². The zero-order chi connectivity index (χ0) is 24.5. The lowest BCUT2D eigenvalue weighted by molar-refractivity contribution is -0.143. The van der Waals surface area contributed by atoms with Crippen LogP contribution in [-0.2, 0) is 17.1 Å². The number of carbonyl (C=O) groups is 1. The molecule has 0 bridgehead atoms. The molecule has 2 saturated heterocycles. The Balaban J connectivity index is 1.55. The molecule has 1 aromatic heterocycles. The number of carbonyl (C=O) groups excluding carboxylic acids is 1. The largest absolute Gasteiger partial charge is 0.416 e. The molecule has 0 aliphatic carbocycles. The van der Waals surface area contributed by atoms with Crippen molar-refractivity contribution in [3.8, 4) is 0 Å². The minimum Gasteiger partial charge on any atom is -0.299 e. The van der Waals surface area contributed by atoms with Gasteiger partial charge in [0.05, 0.1) is 16.8 Å². The Morgan fingerprint density at radius 3 is 2.35 bits per heavy atom. The van der Waals surface area contributed by atoms with Crippen LogP contribution in [0.25, 0.3) is 0 Å². The van der Waals surface area contributed by atoms with E-state index in [0.717, 1.165) is 25.9 Å². The van der Waals surface area contributed by atoms with Gasteiger partial charge in [0.15, 0.2) is 0 Å². The Morgan fingerprint density at radius 2 is 1.74 bits per heavy atom. The summed E-state index contributed by atoms with van der Waals surface area (Å²) < 4.78 is 78.8. The van der Waals surface area contributed by atoms with Crippen molar-refractivity contribution in [3.63, 3.8) is 0 Å². The predicted octanol–water partition coefficient (Wildman–Crippen LogP) is 4.08. The topological polar surface area (TPSA) is 60.5 Å². The van der Waals surface area contributed by atoms with E-state index in [2.05, 4.69) is 20.7 Å². The first-order valence-electron chi connectivity index (χ1n) is 10.8. The summed E-state index contributed by atoms with van der Waals surface area (Å²) in [7, 11) is 0. The minimum absolute atomic E-state index is 0.0343. The van der Waals surface area contributed by atoms with Crippen LogP contribution >= 0.6 is 0 Å². The summed E-state index contributed by atoms with van der Waals surface area (Å²) in [4.78, 5) is 21.5. The number of nitrogens with zero attached hydrogens (tertiary/aromatic N) is 3. The Labute approximate surface area is 191 Å². The zero-order valence-electron chi connectivity index (χ0n) is 18.0. The second-order valence-electron chi connectivity index (χ2n) is 8.42. The van der Waals surface area contributed by atoms with E-state index >= 15 is 0 Å². The highest BCUT2D eigenvalue weighted by Gasteiger charge is 2.38. The number of hydrogen-bond donors (Lipinski definition) is 2. The van der Waals surface area contributed by atoms with Crippen LogP contribution in [0.4, 0.5) is 32.0 Å². The summed E-state index contributed by atoms with van der Waals surface area (Å²) in [6, 6.07) is 3.94. The number of hydrogen-bond acceptors (Lipinski definition) is 5. The van der Waals surface area contributed by atoms with Gasteiger partial charge in [0.2, 0.25) is 0 Å². The first-order valence-corrected chi connectivity index (χ1v) is 10.8. The van der Waals surface area contributed by atoms with Crippen molar-refractivity contribution in [2.75, 3.05) is 31.6 Å². The van der Waals surface area contributed by atoms with Crippen LogP contribution in [0.15, 0.2) is 42.7 Å². The SMILES string of the molecule is O=C(NNc1cc(C(F)(F)F)cc(C(F)(F)F)c1)[C@@H](c1cccnc1)N1CCN2CCC[C@H]2C1. The maximum absolute atomic E-state index is 13.2. The molecule has 4 rings (SSSR count). The van der Waals surface area contributed by atoms with Gasteiger partial charge in [-0.3, -0.25) is 30.4 Å². The number of halogens is 6. The molecule has 0 unspecified atom stereocenters. The number of amides is 1. The highest BCUT2D eigenvalue weighted by Crippen LogP contribution is 2.37. The molecule has 2 aliphatic heterocycles. The molecule has 184 valence electrons. The van der Waals surface area contributed by atoms with Crippen molar-refractivity contribution in [2.24, 2.45) is 0 Å². The third-order valence-electron chi connectivity index (χ3n) is 6.15. The zero-order valence-corrected chi connectivity index (χ0v) is 18.0. The average molecular weight is 487 g/mol. The van der Waals surface area contributed by atoms with Crippen molar-refractivity contribution in [1.29, 1.82) is 0 Å². The lowest BCUT2D eigenvalue weighted by atomic mass is 10.0. The van der Waals surface area contributed by atoms with Gasteiger partial charge in [0, 0.05) is 38.1 Å². The Morgan fingerprint density at radius 1 is 1.03 bits per heavy atom. The number of aromatic nitrogens is 1. The quantitative estimate of drug-likeness (QED) is 0.492. The van der Waals surface area contributed by atoms with Gasteiger partial charge in [-0.1, -0.05) is 6.07 Å². The van der Waals surface area contributed by atoms with E-state index in [4.69, 9.17) is 0 Å². The molecule has 2 atom stereocenters. The molecule has 34 heavy (non-hydrogen) atoms. The van der Waals surface area contributed by atoms with Crippen molar-refractivity contribution in [2.45, 2.75) is 37.3 Å². The molecule has 2 aliphatic rings. The third kappa shape index (κ3) is 5.44. The fourth-order valence-corrected chi connectivity index (χ4v) is 4.54. The minimum atomic E-state index is -4.99. The van der Waals surface area contributed by atoms with E-state index in [0.29, 0.717) is 36.8 Å². The van der Waals surface area contributed by atoms with Crippen LogP contribution in [0, 0.1) is 0 Å². The molecule has 2 N–H and O–H groups in total. The van der Waals surface area contributed by atoms with Gasteiger partial charge >= 0.3 is 12.4 Å². The lowest BCUT2D eigenvalue weighted by Crippen LogP contribution is -2.54. The number of hydrazine groups is 1. The van der Waals surface area contributed by atoms with Crippen molar-refractivity contribution < 1.29 is 31.1 Å². The van der Waals surface area contributed by atoms with Gasteiger partial charge in [0.25, 0.3) is 5.91 Å². The summed E-state index contributed by atoms with van der Waals surface area (Å²) in [5.74, 6) is -0.606. The molecule has 0 saturated carbocycles. The molecule has 12 heteroatoms.